The summed E-state index contributed by atoms with van der Waals surface area (Å²) in [5.74, 6) is 0.472. The number of Topliss-reactive ketones (excluding diaryl/α,β-unsaturated/α-hetero) is 1. The standard InChI is InChI=1S/C10H16O2/c1-3-12-7-9-6-4-5-8(2)10(9)11/h7-8H,3-6H2,1-2H3/b9-7-. The predicted octanol–water partition coefficient (Wildman–Crippen LogP) is 2.30. The number of ether oxygens (including phenoxy) is 1. The molecule has 1 aliphatic carbocycles. The summed E-state index contributed by atoms with van der Waals surface area (Å²) >= 11 is 0. The zero-order chi connectivity index (χ0) is 8.97. The molecule has 0 saturated heterocycles. The Bertz CT molecular complexity index is 194. The van der Waals surface area contributed by atoms with E-state index in [0.717, 1.165) is 24.8 Å². The van der Waals surface area contributed by atoms with E-state index in [-0.39, 0.29) is 11.7 Å². The van der Waals surface area contributed by atoms with Crippen molar-refractivity contribution in [2.45, 2.75) is 33.1 Å². The SMILES string of the molecule is CCO/C=C1/CCCC(C)C1=O. The van der Waals surface area contributed by atoms with E-state index in [1.807, 2.05) is 13.8 Å². The van der Waals surface area contributed by atoms with Gasteiger partial charge in [-0.1, -0.05) is 6.92 Å². The van der Waals surface area contributed by atoms with Gasteiger partial charge >= 0.3 is 0 Å². The van der Waals surface area contributed by atoms with Gasteiger partial charge in [0.1, 0.15) is 0 Å². The average Bonchev–Trinajstić information content (AvgIpc) is 2.08. The Hall–Kier alpha value is -0.790. The molecule has 12 heavy (non-hydrogen) atoms. The minimum Gasteiger partial charge on any atom is -0.501 e. The van der Waals surface area contributed by atoms with E-state index in [4.69, 9.17) is 4.74 Å². The Morgan fingerprint density at radius 3 is 3.08 bits per heavy atom. The van der Waals surface area contributed by atoms with Crippen molar-refractivity contribution < 1.29 is 9.53 Å². The van der Waals surface area contributed by atoms with Crippen LogP contribution in [0.2, 0.25) is 0 Å². The highest BCUT2D eigenvalue weighted by Gasteiger charge is 2.22. The highest BCUT2D eigenvalue weighted by atomic mass is 16.5. The van der Waals surface area contributed by atoms with Gasteiger partial charge in [0.15, 0.2) is 5.78 Å². The molecule has 0 radical (unpaired) electrons. The lowest BCUT2D eigenvalue weighted by molar-refractivity contribution is -0.120. The smallest absolute Gasteiger partial charge is 0.164 e. The first kappa shape index (κ1) is 9.30. The fourth-order valence-electron chi connectivity index (χ4n) is 1.47. The molecule has 1 unspecified atom stereocenters. The van der Waals surface area contributed by atoms with Crippen LogP contribution in [0.4, 0.5) is 0 Å². The third kappa shape index (κ3) is 2.10. The number of hydrogen-bond donors (Lipinski definition) is 0. The summed E-state index contributed by atoms with van der Waals surface area (Å²) in [6, 6.07) is 0. The van der Waals surface area contributed by atoms with Gasteiger partial charge in [-0.05, 0) is 26.2 Å². The molecule has 0 bridgehead atoms. The maximum absolute atomic E-state index is 11.5. The number of carbonyl (C=O) groups is 1. The van der Waals surface area contributed by atoms with Crippen LogP contribution in [0.15, 0.2) is 11.8 Å². The van der Waals surface area contributed by atoms with Crippen LogP contribution in [0.3, 0.4) is 0 Å². The van der Waals surface area contributed by atoms with Crippen LogP contribution >= 0.6 is 0 Å². The third-order valence-electron chi connectivity index (χ3n) is 2.24. The van der Waals surface area contributed by atoms with E-state index >= 15 is 0 Å². The van der Waals surface area contributed by atoms with Crippen LogP contribution in [0.25, 0.3) is 0 Å². The Morgan fingerprint density at radius 1 is 1.67 bits per heavy atom. The maximum Gasteiger partial charge on any atom is 0.164 e. The topological polar surface area (TPSA) is 26.3 Å². The molecule has 0 aromatic carbocycles. The second-order valence-electron chi connectivity index (χ2n) is 3.26. The predicted molar refractivity (Wildman–Crippen MR) is 47.7 cm³/mol. The highest BCUT2D eigenvalue weighted by Crippen LogP contribution is 2.24. The molecule has 0 spiro atoms. The molecular weight excluding hydrogens is 152 g/mol. The number of hydrogen-bond acceptors (Lipinski definition) is 2. The van der Waals surface area contributed by atoms with Gasteiger partial charge in [-0.2, -0.15) is 0 Å². The Balaban J connectivity index is 2.57. The molecule has 1 aliphatic rings. The van der Waals surface area contributed by atoms with Gasteiger partial charge in [0.2, 0.25) is 0 Å². The molecule has 0 aromatic rings. The van der Waals surface area contributed by atoms with Crippen molar-refractivity contribution in [3.63, 3.8) is 0 Å². The van der Waals surface area contributed by atoms with E-state index in [0.29, 0.717) is 6.61 Å². The van der Waals surface area contributed by atoms with Crippen LogP contribution in [-0.4, -0.2) is 12.4 Å². The van der Waals surface area contributed by atoms with Crippen LogP contribution in [0, 0.1) is 5.92 Å². The molecule has 0 aliphatic heterocycles. The number of rotatable bonds is 2. The second-order valence-corrected chi connectivity index (χ2v) is 3.26. The highest BCUT2D eigenvalue weighted by molar-refractivity contribution is 5.97. The molecule has 1 atom stereocenters. The quantitative estimate of drug-likeness (QED) is 0.467. The minimum absolute atomic E-state index is 0.199. The molecular formula is C10H16O2. The number of carbonyl (C=O) groups excluding carboxylic acids is 1. The number of ketones is 1. The van der Waals surface area contributed by atoms with Gasteiger partial charge in [-0.15, -0.1) is 0 Å². The largest absolute Gasteiger partial charge is 0.501 e. The van der Waals surface area contributed by atoms with Gasteiger partial charge in [-0.3, -0.25) is 4.79 Å². The summed E-state index contributed by atoms with van der Waals surface area (Å²) in [5.41, 5.74) is 0.871. The zero-order valence-electron chi connectivity index (χ0n) is 7.80. The molecule has 2 heteroatoms. The third-order valence-corrected chi connectivity index (χ3v) is 2.24. The molecule has 0 heterocycles. The van der Waals surface area contributed by atoms with Crippen molar-refractivity contribution in [3.8, 4) is 0 Å². The average molecular weight is 168 g/mol. The molecule has 1 rings (SSSR count). The Labute approximate surface area is 73.6 Å². The molecule has 68 valence electrons. The lowest BCUT2D eigenvalue weighted by atomic mass is 9.86. The van der Waals surface area contributed by atoms with Crippen molar-refractivity contribution in [1.82, 2.24) is 0 Å². The molecule has 0 amide bonds. The lowest BCUT2D eigenvalue weighted by Crippen LogP contribution is -2.18. The second kappa shape index (κ2) is 4.29. The first-order valence-electron chi connectivity index (χ1n) is 4.60. The van der Waals surface area contributed by atoms with Crippen molar-refractivity contribution in [2.75, 3.05) is 6.61 Å². The van der Waals surface area contributed by atoms with Crippen molar-refractivity contribution in [1.29, 1.82) is 0 Å². The van der Waals surface area contributed by atoms with Crippen LogP contribution < -0.4 is 0 Å². The van der Waals surface area contributed by atoms with Gasteiger partial charge in [0.05, 0.1) is 12.9 Å². The summed E-state index contributed by atoms with van der Waals surface area (Å²) in [5, 5.41) is 0. The molecule has 2 nitrogen and oxygen atoms in total. The summed E-state index contributed by atoms with van der Waals surface area (Å²) in [4.78, 5) is 11.5. The normalized spacial score (nSPS) is 27.7. The van der Waals surface area contributed by atoms with Crippen LogP contribution in [-0.2, 0) is 9.53 Å². The van der Waals surface area contributed by atoms with Crippen molar-refractivity contribution in [3.05, 3.63) is 11.8 Å². The molecule has 1 saturated carbocycles. The van der Waals surface area contributed by atoms with Crippen LogP contribution in [0.1, 0.15) is 33.1 Å². The van der Waals surface area contributed by atoms with E-state index in [2.05, 4.69) is 0 Å². The van der Waals surface area contributed by atoms with Crippen LogP contribution in [0.5, 0.6) is 0 Å². The van der Waals surface area contributed by atoms with Gasteiger partial charge in [0, 0.05) is 11.5 Å². The monoisotopic (exact) mass is 168 g/mol. The fraction of sp³-hybridized carbons (Fsp3) is 0.700. The molecule has 1 fully saturated rings. The summed E-state index contributed by atoms with van der Waals surface area (Å²) in [7, 11) is 0. The maximum atomic E-state index is 11.5. The Morgan fingerprint density at radius 2 is 2.42 bits per heavy atom. The lowest BCUT2D eigenvalue weighted by Gasteiger charge is -2.18. The van der Waals surface area contributed by atoms with Gasteiger partial charge in [0.25, 0.3) is 0 Å². The van der Waals surface area contributed by atoms with Gasteiger partial charge < -0.3 is 4.74 Å². The van der Waals surface area contributed by atoms with E-state index in [9.17, 15) is 4.79 Å². The summed E-state index contributed by atoms with van der Waals surface area (Å²) in [6.45, 7) is 4.56. The van der Waals surface area contributed by atoms with E-state index < -0.39 is 0 Å². The molecule has 0 N–H and O–H groups in total. The van der Waals surface area contributed by atoms with E-state index in [1.54, 1.807) is 6.26 Å². The first-order chi connectivity index (χ1) is 5.75. The Kier molecular flexibility index (Phi) is 3.32. The minimum atomic E-state index is 0.199. The van der Waals surface area contributed by atoms with Gasteiger partial charge in [-0.25, -0.2) is 0 Å². The zero-order valence-corrected chi connectivity index (χ0v) is 7.80. The van der Waals surface area contributed by atoms with Crippen molar-refractivity contribution in [2.24, 2.45) is 5.92 Å². The fourth-order valence-corrected chi connectivity index (χ4v) is 1.47. The summed E-state index contributed by atoms with van der Waals surface area (Å²) < 4.78 is 5.11. The van der Waals surface area contributed by atoms with E-state index in [1.165, 1.54) is 0 Å². The number of allylic oxidation sites excluding steroid dienone is 1. The molecule has 0 aromatic heterocycles. The summed E-state index contributed by atoms with van der Waals surface area (Å²) in [6.07, 6.45) is 4.68. The van der Waals surface area contributed by atoms with Crippen molar-refractivity contribution >= 4 is 5.78 Å². The first-order valence-corrected chi connectivity index (χ1v) is 4.60.